The summed E-state index contributed by atoms with van der Waals surface area (Å²) < 4.78 is 0. The summed E-state index contributed by atoms with van der Waals surface area (Å²) in [6, 6.07) is 8.56. The molecule has 0 saturated heterocycles. The highest BCUT2D eigenvalue weighted by atomic mass is 15.0. The van der Waals surface area contributed by atoms with Crippen LogP contribution < -0.4 is 5.32 Å². The normalized spacial score (nSPS) is 15.5. The van der Waals surface area contributed by atoms with Crippen molar-refractivity contribution in [3.05, 3.63) is 47.6 Å². The molecule has 17 heavy (non-hydrogen) atoms. The van der Waals surface area contributed by atoms with Crippen molar-refractivity contribution in [3.8, 4) is 0 Å². The summed E-state index contributed by atoms with van der Waals surface area (Å²) in [6.07, 6.45) is 5.61. The molecule has 1 nitrogen and oxygen atoms in total. The second-order valence-corrected chi connectivity index (χ2v) is 5.74. The van der Waals surface area contributed by atoms with Gasteiger partial charge < -0.3 is 5.32 Å². The van der Waals surface area contributed by atoms with Gasteiger partial charge in [0.05, 0.1) is 0 Å². The molecule has 0 unspecified atom stereocenters. The Labute approximate surface area is 104 Å². The summed E-state index contributed by atoms with van der Waals surface area (Å²) in [5.41, 5.74) is 5.43. The zero-order valence-corrected chi connectivity index (χ0v) is 11.2. The molecule has 1 heteroatoms. The number of allylic oxidation sites excluding steroid dienone is 4. The van der Waals surface area contributed by atoms with Gasteiger partial charge in [-0.1, -0.05) is 35.9 Å². The van der Waals surface area contributed by atoms with E-state index >= 15 is 0 Å². The lowest BCUT2D eigenvalue weighted by Crippen LogP contribution is -2.26. The average molecular weight is 227 g/mol. The fraction of sp³-hybridized carbons (Fsp3) is 0.375. The molecule has 90 valence electrons. The molecule has 0 aromatic heterocycles. The maximum absolute atomic E-state index is 3.58. The molecule has 0 spiro atoms. The molecule has 0 fully saturated rings. The molecule has 0 aliphatic heterocycles. The number of nitrogens with one attached hydrogen (secondary N) is 1. The number of rotatable bonds is 2. The van der Waals surface area contributed by atoms with E-state index < -0.39 is 0 Å². The van der Waals surface area contributed by atoms with Crippen LogP contribution in [0, 0.1) is 0 Å². The largest absolute Gasteiger partial charge is 0.380 e. The summed E-state index contributed by atoms with van der Waals surface area (Å²) in [6.45, 7) is 8.73. The Morgan fingerprint density at radius 1 is 1.12 bits per heavy atom. The minimum absolute atomic E-state index is 0.0950. The molecule has 2 rings (SSSR count). The van der Waals surface area contributed by atoms with Crippen LogP contribution in [0.5, 0.6) is 0 Å². The lowest BCUT2D eigenvalue weighted by molar-refractivity contribution is 0.634. The SMILES string of the molecule is CC1=CCC(c2ccccc2NC(C)(C)C)=C1. The number of hydrogen-bond donors (Lipinski definition) is 1. The predicted molar refractivity (Wildman–Crippen MR) is 76.2 cm³/mol. The molecular formula is C16H21N. The lowest BCUT2D eigenvalue weighted by atomic mass is 10.0. The highest BCUT2D eigenvalue weighted by molar-refractivity contribution is 5.80. The van der Waals surface area contributed by atoms with Gasteiger partial charge in [-0.25, -0.2) is 0 Å². The molecular weight excluding hydrogens is 206 g/mol. The van der Waals surface area contributed by atoms with Crippen LogP contribution in [0.4, 0.5) is 5.69 Å². The fourth-order valence-electron chi connectivity index (χ4n) is 2.13. The molecule has 1 aromatic rings. The van der Waals surface area contributed by atoms with E-state index in [9.17, 15) is 0 Å². The monoisotopic (exact) mass is 227 g/mol. The predicted octanol–water partition coefficient (Wildman–Crippen LogP) is 4.63. The van der Waals surface area contributed by atoms with Crippen molar-refractivity contribution in [1.82, 2.24) is 0 Å². The van der Waals surface area contributed by atoms with Crippen LogP contribution in [0.1, 0.15) is 39.7 Å². The van der Waals surface area contributed by atoms with Crippen LogP contribution in [0.3, 0.4) is 0 Å². The summed E-state index contributed by atoms with van der Waals surface area (Å²) in [5, 5.41) is 3.58. The van der Waals surface area contributed by atoms with E-state index in [-0.39, 0.29) is 5.54 Å². The van der Waals surface area contributed by atoms with Crippen molar-refractivity contribution >= 4 is 11.3 Å². The van der Waals surface area contributed by atoms with Gasteiger partial charge in [-0.15, -0.1) is 0 Å². The number of hydrogen-bond acceptors (Lipinski definition) is 1. The van der Waals surface area contributed by atoms with Crippen molar-refractivity contribution in [2.75, 3.05) is 5.32 Å². The quantitative estimate of drug-likeness (QED) is 0.776. The van der Waals surface area contributed by atoms with Gasteiger partial charge in [0.15, 0.2) is 0 Å². The maximum atomic E-state index is 3.58. The topological polar surface area (TPSA) is 12.0 Å². The summed E-state index contributed by atoms with van der Waals surface area (Å²) in [4.78, 5) is 0. The molecule has 0 atom stereocenters. The maximum Gasteiger partial charge on any atom is 0.0420 e. The third-order valence-corrected chi connectivity index (χ3v) is 2.83. The van der Waals surface area contributed by atoms with Gasteiger partial charge in [-0.2, -0.15) is 0 Å². The first-order valence-corrected chi connectivity index (χ1v) is 6.21. The van der Waals surface area contributed by atoms with Crippen LogP contribution in [0.25, 0.3) is 5.57 Å². The Balaban J connectivity index is 2.32. The third-order valence-electron chi connectivity index (χ3n) is 2.83. The highest BCUT2D eigenvalue weighted by Gasteiger charge is 2.14. The summed E-state index contributed by atoms with van der Waals surface area (Å²) in [5.74, 6) is 0. The van der Waals surface area contributed by atoms with E-state index in [0.717, 1.165) is 6.42 Å². The van der Waals surface area contributed by atoms with Gasteiger partial charge >= 0.3 is 0 Å². The molecule has 1 N–H and O–H groups in total. The third kappa shape index (κ3) is 3.00. The zero-order chi connectivity index (χ0) is 12.5. The fourth-order valence-corrected chi connectivity index (χ4v) is 2.13. The van der Waals surface area contributed by atoms with Crippen molar-refractivity contribution < 1.29 is 0 Å². The molecule has 0 radical (unpaired) electrons. The average Bonchev–Trinajstić information content (AvgIpc) is 2.63. The van der Waals surface area contributed by atoms with Crippen molar-refractivity contribution in [2.24, 2.45) is 0 Å². The number of benzene rings is 1. The van der Waals surface area contributed by atoms with Gasteiger partial charge in [-0.3, -0.25) is 0 Å². The van der Waals surface area contributed by atoms with Crippen molar-refractivity contribution in [3.63, 3.8) is 0 Å². The molecule has 0 amide bonds. The van der Waals surface area contributed by atoms with Crippen molar-refractivity contribution in [2.45, 2.75) is 39.7 Å². The van der Waals surface area contributed by atoms with Gasteiger partial charge in [0.2, 0.25) is 0 Å². The van der Waals surface area contributed by atoms with Crippen LogP contribution in [0.2, 0.25) is 0 Å². The van der Waals surface area contributed by atoms with Gasteiger partial charge in [0.25, 0.3) is 0 Å². The second-order valence-electron chi connectivity index (χ2n) is 5.74. The van der Waals surface area contributed by atoms with Crippen LogP contribution in [0.15, 0.2) is 42.0 Å². The van der Waals surface area contributed by atoms with E-state index in [1.807, 2.05) is 0 Å². The van der Waals surface area contributed by atoms with E-state index in [0.29, 0.717) is 0 Å². The summed E-state index contributed by atoms with van der Waals surface area (Å²) in [7, 11) is 0. The molecule has 0 bridgehead atoms. The number of anilines is 1. The molecule has 1 aromatic carbocycles. The first-order valence-electron chi connectivity index (χ1n) is 6.21. The van der Waals surface area contributed by atoms with E-state index in [1.54, 1.807) is 0 Å². The Morgan fingerprint density at radius 2 is 1.82 bits per heavy atom. The van der Waals surface area contributed by atoms with E-state index in [2.05, 4.69) is 69.4 Å². The number of para-hydroxylation sites is 1. The Hall–Kier alpha value is -1.50. The molecule has 0 heterocycles. The minimum atomic E-state index is 0.0950. The highest BCUT2D eigenvalue weighted by Crippen LogP contribution is 2.32. The Kier molecular flexibility index (Phi) is 3.10. The van der Waals surface area contributed by atoms with Crippen molar-refractivity contribution in [1.29, 1.82) is 0 Å². The van der Waals surface area contributed by atoms with E-state index in [1.165, 1.54) is 22.4 Å². The smallest absolute Gasteiger partial charge is 0.0420 e. The minimum Gasteiger partial charge on any atom is -0.380 e. The first-order chi connectivity index (χ1) is 7.96. The van der Waals surface area contributed by atoms with E-state index in [4.69, 9.17) is 0 Å². The Bertz CT molecular complexity index is 473. The van der Waals surface area contributed by atoms with Crippen LogP contribution >= 0.6 is 0 Å². The van der Waals surface area contributed by atoms with Crippen LogP contribution in [-0.2, 0) is 0 Å². The summed E-state index contributed by atoms with van der Waals surface area (Å²) >= 11 is 0. The molecule has 1 aliphatic rings. The van der Waals surface area contributed by atoms with Gasteiger partial charge in [-0.05, 0) is 45.8 Å². The second kappa shape index (κ2) is 4.40. The van der Waals surface area contributed by atoms with Gasteiger partial charge in [0, 0.05) is 16.8 Å². The first kappa shape index (κ1) is 12.0. The van der Waals surface area contributed by atoms with Crippen LogP contribution in [-0.4, -0.2) is 5.54 Å². The molecule has 1 aliphatic carbocycles. The van der Waals surface area contributed by atoms with Gasteiger partial charge in [0.1, 0.15) is 0 Å². The standard InChI is InChI=1S/C16H21N/c1-12-9-10-13(11-12)14-7-5-6-8-15(14)17-16(2,3)4/h5-9,11,17H,10H2,1-4H3. The Morgan fingerprint density at radius 3 is 2.41 bits per heavy atom. The lowest BCUT2D eigenvalue weighted by Gasteiger charge is -2.24. The molecule has 0 saturated carbocycles. The zero-order valence-electron chi connectivity index (χ0n) is 11.2.